The summed E-state index contributed by atoms with van der Waals surface area (Å²) in [5, 5.41) is 0. The molecule has 0 atom stereocenters. The second-order valence-electron chi connectivity index (χ2n) is 5.10. The largest absolute Gasteiger partial charge is 0.497 e. The van der Waals surface area contributed by atoms with E-state index in [1.165, 1.54) is 12.1 Å². The number of benzene rings is 2. The lowest BCUT2D eigenvalue weighted by Crippen LogP contribution is -1.92. The first kappa shape index (κ1) is 13.8. The minimum absolute atomic E-state index is 0.304. The highest BCUT2D eigenvalue weighted by atomic mass is 19.1. The molecule has 1 aliphatic carbocycles. The molecule has 0 amide bonds. The molecule has 0 unspecified atom stereocenters. The topological polar surface area (TPSA) is 9.23 Å². The van der Waals surface area contributed by atoms with Gasteiger partial charge in [-0.1, -0.05) is 6.07 Å². The molecule has 0 aromatic heterocycles. The Morgan fingerprint density at radius 1 is 1.05 bits per heavy atom. The van der Waals surface area contributed by atoms with Gasteiger partial charge in [0.1, 0.15) is 17.4 Å². The molecule has 0 aliphatic heterocycles. The molecule has 2 aromatic rings. The fraction of sp³-hybridized carbons (Fsp3) is 0.222. The van der Waals surface area contributed by atoms with E-state index in [0.717, 1.165) is 41.4 Å². The van der Waals surface area contributed by atoms with Crippen LogP contribution in [0.3, 0.4) is 0 Å². The first-order valence-corrected chi connectivity index (χ1v) is 6.92. The van der Waals surface area contributed by atoms with Crippen LogP contribution in [0.5, 0.6) is 5.75 Å². The number of hydrogen-bond acceptors (Lipinski definition) is 1. The zero-order valence-electron chi connectivity index (χ0n) is 11.7. The van der Waals surface area contributed by atoms with E-state index in [1.807, 2.05) is 18.2 Å². The summed E-state index contributed by atoms with van der Waals surface area (Å²) in [6.45, 7) is 0. The quantitative estimate of drug-likeness (QED) is 0.787. The molecule has 1 nitrogen and oxygen atoms in total. The third kappa shape index (κ3) is 2.82. The van der Waals surface area contributed by atoms with E-state index >= 15 is 0 Å². The molecule has 3 heteroatoms. The number of methoxy groups -OCH3 is 1. The van der Waals surface area contributed by atoms with Crippen molar-refractivity contribution in [2.24, 2.45) is 0 Å². The van der Waals surface area contributed by atoms with Crippen LogP contribution in [-0.2, 0) is 6.42 Å². The van der Waals surface area contributed by atoms with Crippen LogP contribution in [0.2, 0.25) is 0 Å². The second-order valence-corrected chi connectivity index (χ2v) is 5.10. The van der Waals surface area contributed by atoms with E-state index in [1.54, 1.807) is 7.11 Å². The summed E-state index contributed by atoms with van der Waals surface area (Å²) in [5.41, 5.74) is 3.07. The van der Waals surface area contributed by atoms with Crippen molar-refractivity contribution in [3.05, 3.63) is 70.8 Å². The van der Waals surface area contributed by atoms with Crippen LogP contribution in [0.15, 0.2) is 36.4 Å². The third-order valence-electron chi connectivity index (χ3n) is 3.72. The summed E-state index contributed by atoms with van der Waals surface area (Å²) in [7, 11) is 1.63. The van der Waals surface area contributed by atoms with Gasteiger partial charge in [-0.25, -0.2) is 8.78 Å². The van der Waals surface area contributed by atoms with Crippen molar-refractivity contribution in [2.75, 3.05) is 7.11 Å². The van der Waals surface area contributed by atoms with E-state index in [0.29, 0.717) is 12.0 Å². The Kier molecular flexibility index (Phi) is 3.74. The van der Waals surface area contributed by atoms with Crippen LogP contribution in [0.4, 0.5) is 8.78 Å². The number of hydrogen-bond donors (Lipinski definition) is 0. The standard InChI is InChI=1S/C18H15F2O/c1-21-16-7-5-13-9-14(4-2-3-12(13)10-16)17-11-15(19)6-8-18(17)20/h5-8,10-11H,2-4H2,1H3. The lowest BCUT2D eigenvalue weighted by atomic mass is 10.00. The predicted octanol–water partition coefficient (Wildman–Crippen LogP) is 4.54. The highest BCUT2D eigenvalue weighted by Crippen LogP contribution is 2.31. The van der Waals surface area contributed by atoms with Crippen LogP contribution >= 0.6 is 0 Å². The molecule has 2 aromatic carbocycles. The van der Waals surface area contributed by atoms with E-state index in [2.05, 4.69) is 6.08 Å². The maximum absolute atomic E-state index is 13.9. The summed E-state index contributed by atoms with van der Waals surface area (Å²) in [5.74, 6) is -0.0355. The zero-order chi connectivity index (χ0) is 14.8. The lowest BCUT2D eigenvalue weighted by Gasteiger charge is -2.07. The Hall–Kier alpha value is -2.16. The van der Waals surface area contributed by atoms with Crippen molar-refractivity contribution in [3.63, 3.8) is 0 Å². The van der Waals surface area contributed by atoms with Gasteiger partial charge in [-0.3, -0.25) is 0 Å². The molecule has 107 valence electrons. The summed E-state index contributed by atoms with van der Waals surface area (Å²) in [6, 6.07) is 9.29. The normalized spacial score (nSPS) is 14.1. The smallest absolute Gasteiger partial charge is 0.130 e. The number of ether oxygens (including phenoxy) is 1. The van der Waals surface area contributed by atoms with E-state index in [-0.39, 0.29) is 0 Å². The molecule has 0 spiro atoms. The van der Waals surface area contributed by atoms with Crippen molar-refractivity contribution in [1.82, 2.24) is 0 Å². The monoisotopic (exact) mass is 285 g/mol. The number of aryl methyl sites for hydroxylation is 1. The van der Waals surface area contributed by atoms with Crippen LogP contribution in [-0.4, -0.2) is 7.11 Å². The summed E-state index contributed by atoms with van der Waals surface area (Å²) in [6.07, 6.45) is 5.68. The minimum Gasteiger partial charge on any atom is -0.497 e. The maximum Gasteiger partial charge on any atom is 0.130 e. The van der Waals surface area contributed by atoms with Crippen molar-refractivity contribution >= 4 is 5.57 Å². The second kappa shape index (κ2) is 5.68. The van der Waals surface area contributed by atoms with Gasteiger partial charge in [0.2, 0.25) is 0 Å². The first-order valence-electron chi connectivity index (χ1n) is 6.92. The van der Waals surface area contributed by atoms with Crippen molar-refractivity contribution < 1.29 is 13.5 Å². The highest BCUT2D eigenvalue weighted by molar-refractivity contribution is 5.68. The van der Waals surface area contributed by atoms with Gasteiger partial charge in [0, 0.05) is 5.56 Å². The SMILES string of the molecule is COc1ccc2c(c1)CCCC(c1cc(F)ccc1F)=[C]2. The summed E-state index contributed by atoms with van der Waals surface area (Å²) in [4.78, 5) is 0. The predicted molar refractivity (Wildman–Crippen MR) is 78.0 cm³/mol. The minimum atomic E-state index is -0.431. The highest BCUT2D eigenvalue weighted by Gasteiger charge is 2.15. The van der Waals surface area contributed by atoms with Crippen molar-refractivity contribution in [1.29, 1.82) is 0 Å². The summed E-state index contributed by atoms with van der Waals surface area (Å²) < 4.78 is 32.5. The Morgan fingerprint density at radius 2 is 1.90 bits per heavy atom. The fourth-order valence-corrected chi connectivity index (χ4v) is 2.64. The van der Waals surface area contributed by atoms with Gasteiger partial charge in [0.05, 0.1) is 7.11 Å². The van der Waals surface area contributed by atoms with E-state index in [4.69, 9.17) is 4.74 Å². The Balaban J connectivity index is 2.06. The Labute approximate surface area is 122 Å². The van der Waals surface area contributed by atoms with Crippen LogP contribution < -0.4 is 4.74 Å². The van der Waals surface area contributed by atoms with Gasteiger partial charge < -0.3 is 4.74 Å². The molecular weight excluding hydrogens is 270 g/mol. The number of halogens is 2. The van der Waals surface area contributed by atoms with Crippen LogP contribution in [0, 0.1) is 17.7 Å². The number of rotatable bonds is 2. The van der Waals surface area contributed by atoms with Crippen molar-refractivity contribution in [2.45, 2.75) is 19.3 Å². The Morgan fingerprint density at radius 3 is 2.71 bits per heavy atom. The fourth-order valence-electron chi connectivity index (χ4n) is 2.64. The van der Waals surface area contributed by atoms with Gasteiger partial charge >= 0.3 is 0 Å². The Bertz CT molecular complexity index is 704. The third-order valence-corrected chi connectivity index (χ3v) is 3.72. The first-order chi connectivity index (χ1) is 10.2. The van der Waals surface area contributed by atoms with Gasteiger partial charge in [0.25, 0.3) is 0 Å². The molecule has 21 heavy (non-hydrogen) atoms. The van der Waals surface area contributed by atoms with Gasteiger partial charge in [0.15, 0.2) is 0 Å². The molecule has 0 saturated carbocycles. The molecule has 0 bridgehead atoms. The van der Waals surface area contributed by atoms with Gasteiger partial charge in [-0.05, 0) is 72.4 Å². The number of fused-ring (bicyclic) bond motifs is 1. The molecule has 1 radical (unpaired) electrons. The maximum atomic E-state index is 13.9. The van der Waals surface area contributed by atoms with Gasteiger partial charge in [-0.2, -0.15) is 0 Å². The lowest BCUT2D eigenvalue weighted by molar-refractivity contribution is 0.414. The average Bonchev–Trinajstić information content (AvgIpc) is 2.71. The van der Waals surface area contributed by atoms with E-state index in [9.17, 15) is 8.78 Å². The number of allylic oxidation sites excluding steroid dienone is 1. The molecule has 0 heterocycles. The average molecular weight is 285 g/mol. The molecule has 0 N–H and O–H groups in total. The zero-order valence-corrected chi connectivity index (χ0v) is 11.7. The van der Waals surface area contributed by atoms with E-state index < -0.39 is 11.6 Å². The molecule has 1 aliphatic rings. The van der Waals surface area contributed by atoms with Crippen LogP contribution in [0.1, 0.15) is 29.5 Å². The molecular formula is C18H15F2O. The van der Waals surface area contributed by atoms with Crippen molar-refractivity contribution in [3.8, 4) is 5.75 Å². The van der Waals surface area contributed by atoms with Crippen LogP contribution in [0.25, 0.3) is 5.57 Å². The molecule has 3 rings (SSSR count). The van der Waals surface area contributed by atoms with Gasteiger partial charge in [-0.15, -0.1) is 0 Å². The molecule has 0 fully saturated rings. The molecule has 0 saturated heterocycles. The summed E-state index contributed by atoms with van der Waals surface area (Å²) >= 11 is 0.